The van der Waals surface area contributed by atoms with E-state index in [2.05, 4.69) is 57.2 Å². The van der Waals surface area contributed by atoms with Crippen molar-refractivity contribution >= 4 is 17.9 Å². The van der Waals surface area contributed by atoms with Crippen LogP contribution >= 0.6 is 0 Å². The number of esters is 3. The Hall–Kier alpha value is -2.37. The molecule has 0 saturated heterocycles. The fourth-order valence-electron chi connectivity index (χ4n) is 10.2. The first-order valence-electron chi connectivity index (χ1n) is 33.5. The van der Waals surface area contributed by atoms with E-state index in [0.717, 1.165) is 83.5 Å². The molecule has 440 valence electrons. The molecule has 0 aromatic heterocycles. The molecule has 0 amide bonds. The van der Waals surface area contributed by atoms with Crippen LogP contribution in [0.25, 0.3) is 0 Å². The number of unbranched alkanes of at least 4 members (excludes halogenated alkanes) is 45. The highest BCUT2D eigenvalue weighted by Gasteiger charge is 2.19. The molecule has 0 rings (SSSR count). The molecule has 0 aliphatic carbocycles. The van der Waals surface area contributed by atoms with Crippen molar-refractivity contribution in [3.63, 3.8) is 0 Å². The highest BCUT2D eigenvalue weighted by molar-refractivity contribution is 5.71. The molecular weight excluding hydrogens is 925 g/mol. The molecule has 0 bridgehead atoms. The van der Waals surface area contributed by atoms with Crippen molar-refractivity contribution in [1.82, 2.24) is 0 Å². The van der Waals surface area contributed by atoms with Gasteiger partial charge in [0, 0.05) is 19.3 Å². The maximum absolute atomic E-state index is 12.9. The van der Waals surface area contributed by atoms with E-state index >= 15 is 0 Å². The van der Waals surface area contributed by atoms with Crippen molar-refractivity contribution < 1.29 is 28.6 Å². The summed E-state index contributed by atoms with van der Waals surface area (Å²) in [6, 6.07) is 0. The fraction of sp³-hybridized carbons (Fsp3) is 0.870. The second-order valence-electron chi connectivity index (χ2n) is 22.7. The van der Waals surface area contributed by atoms with E-state index in [1.165, 1.54) is 244 Å². The van der Waals surface area contributed by atoms with Crippen LogP contribution in [0.2, 0.25) is 0 Å². The first kappa shape index (κ1) is 72.6. The van der Waals surface area contributed by atoms with Gasteiger partial charge >= 0.3 is 17.9 Å². The van der Waals surface area contributed by atoms with Gasteiger partial charge in [0.1, 0.15) is 13.2 Å². The van der Waals surface area contributed by atoms with Crippen LogP contribution in [-0.2, 0) is 28.6 Å². The van der Waals surface area contributed by atoms with Gasteiger partial charge in [0.15, 0.2) is 6.10 Å². The van der Waals surface area contributed by atoms with Gasteiger partial charge < -0.3 is 14.2 Å². The summed E-state index contributed by atoms with van der Waals surface area (Å²) in [5.41, 5.74) is 0. The summed E-state index contributed by atoms with van der Waals surface area (Å²) in [6.07, 6.45) is 78.7. The Bertz CT molecular complexity index is 1250. The molecule has 0 aromatic carbocycles. The molecule has 1 unspecified atom stereocenters. The Morgan fingerprint density at radius 3 is 0.813 bits per heavy atom. The zero-order chi connectivity index (χ0) is 54.3. The Morgan fingerprint density at radius 2 is 0.520 bits per heavy atom. The molecular formula is C69H128O6. The number of ether oxygens (including phenoxy) is 3. The van der Waals surface area contributed by atoms with Crippen molar-refractivity contribution in [2.45, 2.75) is 374 Å². The standard InChI is InChI=1S/C69H128O6/c1-4-7-10-13-16-19-22-25-28-31-32-33-34-35-36-39-41-44-47-50-53-56-59-62-68(71)74-65-66(75-69(72)63-60-57-54-51-48-45-42-38-30-27-24-21-18-15-12-9-6-3)64-73-67(70)61-58-55-52-49-46-43-40-37-29-26-23-20-17-14-11-8-5-2/h9,12,18,21,27,30,66H,4-8,10-11,13-17,19-20,22-26,28-29,31-65H2,1-3H3/b12-9-,21-18-,30-27-. The van der Waals surface area contributed by atoms with E-state index in [1.54, 1.807) is 0 Å². The first-order valence-corrected chi connectivity index (χ1v) is 33.5. The van der Waals surface area contributed by atoms with E-state index < -0.39 is 6.10 Å². The quantitative estimate of drug-likeness (QED) is 0.0261. The van der Waals surface area contributed by atoms with Crippen molar-refractivity contribution in [3.05, 3.63) is 36.5 Å². The topological polar surface area (TPSA) is 78.9 Å². The molecule has 0 saturated carbocycles. The lowest BCUT2D eigenvalue weighted by molar-refractivity contribution is -0.167. The van der Waals surface area contributed by atoms with Gasteiger partial charge in [-0.25, -0.2) is 0 Å². The molecule has 0 aromatic rings. The maximum atomic E-state index is 12.9. The zero-order valence-corrected chi connectivity index (χ0v) is 50.6. The molecule has 1 atom stereocenters. The minimum atomic E-state index is -0.775. The number of hydrogen-bond acceptors (Lipinski definition) is 6. The number of rotatable bonds is 62. The lowest BCUT2D eigenvalue weighted by Gasteiger charge is -2.18. The number of carbonyl (C=O) groups is 3. The van der Waals surface area contributed by atoms with Crippen molar-refractivity contribution in [2.75, 3.05) is 13.2 Å². The second-order valence-corrected chi connectivity index (χ2v) is 22.7. The Morgan fingerprint density at radius 1 is 0.280 bits per heavy atom. The molecule has 0 aliphatic heterocycles. The lowest BCUT2D eigenvalue weighted by atomic mass is 10.0. The maximum Gasteiger partial charge on any atom is 0.306 e. The normalized spacial score (nSPS) is 12.2. The van der Waals surface area contributed by atoms with Gasteiger partial charge in [0.05, 0.1) is 0 Å². The molecule has 6 nitrogen and oxygen atoms in total. The van der Waals surface area contributed by atoms with Crippen LogP contribution in [-0.4, -0.2) is 37.2 Å². The molecule has 0 spiro atoms. The monoisotopic (exact) mass is 1050 g/mol. The number of carbonyl (C=O) groups excluding carboxylic acids is 3. The van der Waals surface area contributed by atoms with Crippen LogP contribution in [0.1, 0.15) is 367 Å². The van der Waals surface area contributed by atoms with E-state index in [0.29, 0.717) is 19.3 Å². The molecule has 0 N–H and O–H groups in total. The summed E-state index contributed by atoms with van der Waals surface area (Å²) in [4.78, 5) is 38.4. The van der Waals surface area contributed by atoms with Gasteiger partial charge in [0.25, 0.3) is 0 Å². The largest absolute Gasteiger partial charge is 0.462 e. The SMILES string of the molecule is CC/C=C\C/C=C\C/C=C\CCCCCCCCCC(=O)OC(COC(=O)CCCCCCCCCCCCCCCCCCC)COC(=O)CCCCCCCCCCCCCCCCCCCCCCCCC. The van der Waals surface area contributed by atoms with Crippen LogP contribution in [0.3, 0.4) is 0 Å². The van der Waals surface area contributed by atoms with Crippen LogP contribution < -0.4 is 0 Å². The third-order valence-corrected chi connectivity index (χ3v) is 15.2. The number of allylic oxidation sites excluding steroid dienone is 6. The van der Waals surface area contributed by atoms with Crippen molar-refractivity contribution in [3.8, 4) is 0 Å². The van der Waals surface area contributed by atoms with Gasteiger partial charge in [-0.05, 0) is 51.4 Å². The third-order valence-electron chi connectivity index (χ3n) is 15.2. The van der Waals surface area contributed by atoms with E-state index in [-0.39, 0.29) is 31.1 Å². The van der Waals surface area contributed by atoms with Gasteiger partial charge in [-0.2, -0.15) is 0 Å². The lowest BCUT2D eigenvalue weighted by Crippen LogP contribution is -2.30. The molecule has 0 heterocycles. The minimum absolute atomic E-state index is 0.0706. The summed E-state index contributed by atoms with van der Waals surface area (Å²) in [6.45, 7) is 6.60. The van der Waals surface area contributed by atoms with Gasteiger partial charge in [-0.15, -0.1) is 0 Å². The van der Waals surface area contributed by atoms with Gasteiger partial charge in [0.2, 0.25) is 0 Å². The van der Waals surface area contributed by atoms with Gasteiger partial charge in [-0.1, -0.05) is 333 Å². The van der Waals surface area contributed by atoms with Crippen molar-refractivity contribution in [1.29, 1.82) is 0 Å². The van der Waals surface area contributed by atoms with Crippen LogP contribution in [0.15, 0.2) is 36.5 Å². The predicted octanol–water partition coefficient (Wildman–Crippen LogP) is 22.8. The van der Waals surface area contributed by atoms with E-state index in [4.69, 9.17) is 14.2 Å². The summed E-state index contributed by atoms with van der Waals surface area (Å²) >= 11 is 0. The summed E-state index contributed by atoms with van der Waals surface area (Å²) < 4.78 is 17.0. The average molecular weight is 1050 g/mol. The highest BCUT2D eigenvalue weighted by atomic mass is 16.6. The summed E-state index contributed by atoms with van der Waals surface area (Å²) in [5, 5.41) is 0. The molecule has 0 radical (unpaired) electrons. The van der Waals surface area contributed by atoms with E-state index in [9.17, 15) is 14.4 Å². The van der Waals surface area contributed by atoms with Gasteiger partial charge in [-0.3, -0.25) is 14.4 Å². The Labute approximate surface area is 467 Å². The third kappa shape index (κ3) is 62.4. The first-order chi connectivity index (χ1) is 37.0. The zero-order valence-electron chi connectivity index (χ0n) is 50.6. The smallest absolute Gasteiger partial charge is 0.306 e. The predicted molar refractivity (Wildman–Crippen MR) is 326 cm³/mol. The Kier molecular flexibility index (Phi) is 62.1. The summed E-state index contributed by atoms with van der Waals surface area (Å²) in [7, 11) is 0. The fourth-order valence-corrected chi connectivity index (χ4v) is 10.2. The Balaban J connectivity index is 4.28. The second kappa shape index (κ2) is 64.2. The highest BCUT2D eigenvalue weighted by Crippen LogP contribution is 2.18. The summed E-state index contributed by atoms with van der Waals surface area (Å²) in [5.74, 6) is -0.852. The van der Waals surface area contributed by atoms with E-state index in [1.807, 2.05) is 0 Å². The van der Waals surface area contributed by atoms with Crippen LogP contribution in [0.4, 0.5) is 0 Å². The molecule has 6 heteroatoms. The van der Waals surface area contributed by atoms with Crippen LogP contribution in [0.5, 0.6) is 0 Å². The number of hydrogen-bond donors (Lipinski definition) is 0. The minimum Gasteiger partial charge on any atom is -0.462 e. The van der Waals surface area contributed by atoms with Crippen LogP contribution in [0, 0.1) is 0 Å². The van der Waals surface area contributed by atoms with Crippen molar-refractivity contribution in [2.24, 2.45) is 0 Å². The molecule has 0 aliphatic rings. The molecule has 75 heavy (non-hydrogen) atoms. The molecule has 0 fully saturated rings. The average Bonchev–Trinajstić information content (AvgIpc) is 3.41.